The molecule has 0 atom stereocenters. The van der Waals surface area contributed by atoms with Gasteiger partial charge >= 0.3 is 0 Å². The van der Waals surface area contributed by atoms with E-state index in [4.69, 9.17) is 27.9 Å². The molecule has 0 aliphatic heterocycles. The number of hydrogen-bond acceptors (Lipinski definition) is 4. The van der Waals surface area contributed by atoms with Gasteiger partial charge in [0.25, 0.3) is 0 Å². The first-order valence-electron chi connectivity index (χ1n) is 8.45. The highest BCUT2D eigenvalue weighted by molar-refractivity contribution is 6.35. The Kier molecular flexibility index (Phi) is 6.63. The normalized spacial score (nSPS) is 10.9. The Bertz CT molecular complexity index is 1010. The van der Waals surface area contributed by atoms with Gasteiger partial charge in [-0.1, -0.05) is 40.6 Å². The van der Waals surface area contributed by atoms with Crippen molar-refractivity contribution in [2.24, 2.45) is 0 Å². The van der Waals surface area contributed by atoms with Crippen LogP contribution in [-0.2, 0) is 13.2 Å². The lowest BCUT2D eigenvalue weighted by Crippen LogP contribution is -1.98. The summed E-state index contributed by atoms with van der Waals surface area (Å²) in [5.41, 5.74) is 1.99. The minimum Gasteiger partial charge on any atom is -0.487 e. The monoisotopic (exact) mass is 413 g/mol. The SMILES string of the molecule is C=CCn1cc(COc2ccc(C(=O)/C=C/c3ccc(Cl)cc3Cl)cc2)nn1. The van der Waals surface area contributed by atoms with Crippen LogP contribution in [0.1, 0.15) is 21.6 Å². The molecular weight excluding hydrogens is 397 g/mol. The fourth-order valence-electron chi connectivity index (χ4n) is 2.40. The minimum absolute atomic E-state index is 0.134. The van der Waals surface area contributed by atoms with Crippen LogP contribution in [0.5, 0.6) is 5.75 Å². The molecule has 3 aromatic rings. The predicted octanol–water partition coefficient (Wildman–Crippen LogP) is 5.25. The number of allylic oxidation sites excluding steroid dienone is 2. The number of nitrogens with zero attached hydrogens (tertiary/aromatic N) is 3. The van der Waals surface area contributed by atoms with Crippen molar-refractivity contribution >= 4 is 35.1 Å². The van der Waals surface area contributed by atoms with Gasteiger partial charge in [0.05, 0.1) is 12.7 Å². The Hall–Kier alpha value is -2.89. The van der Waals surface area contributed by atoms with Crippen molar-refractivity contribution in [3.63, 3.8) is 0 Å². The molecule has 7 heteroatoms. The summed E-state index contributed by atoms with van der Waals surface area (Å²) < 4.78 is 7.35. The first-order valence-corrected chi connectivity index (χ1v) is 9.21. The number of hydrogen-bond donors (Lipinski definition) is 0. The smallest absolute Gasteiger partial charge is 0.185 e. The second kappa shape index (κ2) is 9.35. The molecule has 0 N–H and O–H groups in total. The highest BCUT2D eigenvalue weighted by Crippen LogP contribution is 2.22. The van der Waals surface area contributed by atoms with Crippen LogP contribution in [0, 0.1) is 0 Å². The van der Waals surface area contributed by atoms with Gasteiger partial charge in [0.15, 0.2) is 5.78 Å². The molecule has 0 amide bonds. The van der Waals surface area contributed by atoms with E-state index in [-0.39, 0.29) is 5.78 Å². The van der Waals surface area contributed by atoms with Crippen molar-refractivity contribution in [2.45, 2.75) is 13.2 Å². The number of carbonyl (C=O) groups is 1. The van der Waals surface area contributed by atoms with Gasteiger partial charge in [-0.25, -0.2) is 4.68 Å². The van der Waals surface area contributed by atoms with E-state index in [9.17, 15) is 4.79 Å². The average Bonchev–Trinajstić information content (AvgIpc) is 3.14. The maximum Gasteiger partial charge on any atom is 0.185 e. The van der Waals surface area contributed by atoms with Gasteiger partial charge in [-0.3, -0.25) is 4.79 Å². The molecule has 0 aliphatic rings. The lowest BCUT2D eigenvalue weighted by Gasteiger charge is -2.04. The van der Waals surface area contributed by atoms with E-state index in [1.807, 2.05) is 0 Å². The zero-order valence-corrected chi connectivity index (χ0v) is 16.4. The van der Waals surface area contributed by atoms with E-state index in [0.717, 1.165) is 5.56 Å². The molecule has 0 unspecified atom stereocenters. The third-order valence-corrected chi connectivity index (χ3v) is 4.37. The number of aromatic nitrogens is 3. The van der Waals surface area contributed by atoms with E-state index >= 15 is 0 Å². The number of halogens is 2. The van der Waals surface area contributed by atoms with Crippen molar-refractivity contribution in [3.05, 3.63) is 94.3 Å². The number of carbonyl (C=O) groups excluding carboxylic acids is 1. The molecule has 1 aromatic heterocycles. The molecule has 0 radical (unpaired) electrons. The van der Waals surface area contributed by atoms with Gasteiger partial charge in [-0.05, 0) is 54.1 Å². The Morgan fingerprint density at radius 2 is 1.96 bits per heavy atom. The van der Waals surface area contributed by atoms with Crippen LogP contribution in [0.25, 0.3) is 6.08 Å². The van der Waals surface area contributed by atoms with E-state index in [2.05, 4.69) is 16.9 Å². The second-order valence-corrected chi connectivity index (χ2v) is 6.74. The Labute approximate surface area is 172 Å². The molecule has 3 rings (SSSR count). The molecule has 142 valence electrons. The quantitative estimate of drug-likeness (QED) is 0.287. The summed E-state index contributed by atoms with van der Waals surface area (Å²) >= 11 is 12.0. The first-order chi connectivity index (χ1) is 13.5. The van der Waals surface area contributed by atoms with Gasteiger partial charge < -0.3 is 4.74 Å². The summed E-state index contributed by atoms with van der Waals surface area (Å²) in [7, 11) is 0. The van der Waals surface area contributed by atoms with Gasteiger partial charge in [-0.15, -0.1) is 11.7 Å². The van der Waals surface area contributed by atoms with E-state index in [1.54, 1.807) is 65.5 Å². The maximum atomic E-state index is 12.3. The van der Waals surface area contributed by atoms with Crippen LogP contribution in [0.2, 0.25) is 10.0 Å². The Morgan fingerprint density at radius 3 is 2.68 bits per heavy atom. The summed E-state index contributed by atoms with van der Waals surface area (Å²) in [6.45, 7) is 4.54. The second-order valence-electron chi connectivity index (χ2n) is 5.90. The third-order valence-electron chi connectivity index (χ3n) is 3.80. The summed E-state index contributed by atoms with van der Waals surface area (Å²) in [6.07, 6.45) is 6.68. The van der Waals surface area contributed by atoms with Crippen LogP contribution < -0.4 is 4.74 Å². The average molecular weight is 414 g/mol. The van der Waals surface area contributed by atoms with Crippen molar-refractivity contribution in [3.8, 4) is 5.75 Å². The Morgan fingerprint density at radius 1 is 1.18 bits per heavy atom. The summed E-state index contributed by atoms with van der Waals surface area (Å²) in [5.74, 6) is 0.504. The highest BCUT2D eigenvalue weighted by atomic mass is 35.5. The molecule has 2 aromatic carbocycles. The third kappa shape index (κ3) is 5.31. The van der Waals surface area contributed by atoms with Crippen LogP contribution in [0.15, 0.2) is 67.4 Å². The molecule has 0 aliphatic carbocycles. The number of ether oxygens (including phenoxy) is 1. The lowest BCUT2D eigenvalue weighted by atomic mass is 10.1. The van der Waals surface area contributed by atoms with Crippen molar-refractivity contribution < 1.29 is 9.53 Å². The molecular formula is C21H17Cl2N3O2. The van der Waals surface area contributed by atoms with E-state index < -0.39 is 0 Å². The van der Waals surface area contributed by atoms with Crippen LogP contribution >= 0.6 is 23.2 Å². The van der Waals surface area contributed by atoms with Crippen molar-refractivity contribution in [1.29, 1.82) is 0 Å². The zero-order chi connectivity index (χ0) is 19.9. The first kappa shape index (κ1) is 19.9. The summed E-state index contributed by atoms with van der Waals surface area (Å²) in [6, 6.07) is 12.0. The van der Waals surface area contributed by atoms with Gasteiger partial charge in [-0.2, -0.15) is 0 Å². The summed E-state index contributed by atoms with van der Waals surface area (Å²) in [5, 5.41) is 9.02. The summed E-state index contributed by atoms with van der Waals surface area (Å²) in [4.78, 5) is 12.3. The molecule has 1 heterocycles. The molecule has 0 saturated carbocycles. The molecule has 0 fully saturated rings. The van der Waals surface area contributed by atoms with E-state index in [0.29, 0.717) is 40.2 Å². The maximum absolute atomic E-state index is 12.3. The highest BCUT2D eigenvalue weighted by Gasteiger charge is 2.05. The molecule has 0 spiro atoms. The number of ketones is 1. The van der Waals surface area contributed by atoms with Gasteiger partial charge in [0.2, 0.25) is 0 Å². The fraction of sp³-hybridized carbons (Fsp3) is 0.0952. The van der Waals surface area contributed by atoms with E-state index in [1.165, 1.54) is 6.08 Å². The standard InChI is InChI=1S/C21H17Cl2N3O2/c1-2-11-26-13-18(24-25-26)14-28-19-8-4-16(5-9-19)21(27)10-6-15-3-7-17(22)12-20(15)23/h2-10,12-13H,1,11,14H2/b10-6+. The minimum atomic E-state index is -0.134. The van der Waals surface area contributed by atoms with Crippen molar-refractivity contribution in [1.82, 2.24) is 15.0 Å². The number of rotatable bonds is 8. The van der Waals surface area contributed by atoms with Gasteiger partial charge in [0.1, 0.15) is 18.1 Å². The molecule has 0 saturated heterocycles. The topological polar surface area (TPSA) is 57.0 Å². The Balaban J connectivity index is 1.59. The molecule has 28 heavy (non-hydrogen) atoms. The van der Waals surface area contributed by atoms with Crippen molar-refractivity contribution in [2.75, 3.05) is 0 Å². The van der Waals surface area contributed by atoms with Crippen LogP contribution in [-0.4, -0.2) is 20.8 Å². The van der Waals surface area contributed by atoms with Crippen LogP contribution in [0.3, 0.4) is 0 Å². The predicted molar refractivity (Wildman–Crippen MR) is 111 cm³/mol. The van der Waals surface area contributed by atoms with Crippen LogP contribution in [0.4, 0.5) is 0 Å². The molecule has 5 nitrogen and oxygen atoms in total. The number of benzene rings is 2. The zero-order valence-electron chi connectivity index (χ0n) is 14.9. The molecule has 0 bridgehead atoms. The lowest BCUT2D eigenvalue weighted by molar-refractivity contribution is 0.104. The van der Waals surface area contributed by atoms with Gasteiger partial charge in [0, 0.05) is 15.6 Å². The fourth-order valence-corrected chi connectivity index (χ4v) is 2.87. The largest absolute Gasteiger partial charge is 0.487 e.